The van der Waals surface area contributed by atoms with Crippen molar-refractivity contribution in [3.05, 3.63) is 63.9 Å². The van der Waals surface area contributed by atoms with Gasteiger partial charge in [0.25, 0.3) is 0 Å². The Labute approximate surface area is 227 Å². The van der Waals surface area contributed by atoms with Crippen LogP contribution in [0.4, 0.5) is 4.39 Å². The number of halogens is 1. The van der Waals surface area contributed by atoms with Gasteiger partial charge >= 0.3 is 5.97 Å². The highest BCUT2D eigenvalue weighted by atomic mass is 19.1. The Morgan fingerprint density at radius 2 is 2.00 bits per heavy atom. The van der Waals surface area contributed by atoms with E-state index in [1.165, 1.54) is 6.07 Å². The molecule has 1 aliphatic heterocycles. The molecule has 0 bridgehead atoms. The molecule has 0 radical (unpaired) electrons. The Morgan fingerprint density at radius 1 is 1.23 bits per heavy atom. The van der Waals surface area contributed by atoms with E-state index >= 15 is 4.39 Å². The van der Waals surface area contributed by atoms with Crippen LogP contribution in [0.2, 0.25) is 0 Å². The first-order valence-corrected chi connectivity index (χ1v) is 13.2. The number of ether oxygens (including phenoxy) is 3. The number of methoxy groups -OCH3 is 1. The van der Waals surface area contributed by atoms with E-state index in [2.05, 4.69) is 0 Å². The lowest BCUT2D eigenvalue weighted by molar-refractivity contribution is -0.160. The van der Waals surface area contributed by atoms with E-state index in [1.54, 1.807) is 39.3 Å². The van der Waals surface area contributed by atoms with Crippen LogP contribution in [0, 0.1) is 19.7 Å². The molecule has 0 spiro atoms. The van der Waals surface area contributed by atoms with Gasteiger partial charge in [0.2, 0.25) is 0 Å². The number of benzene rings is 1. The first-order chi connectivity index (χ1) is 18.5. The smallest absolute Gasteiger partial charge is 0.337 e. The van der Waals surface area contributed by atoms with Crippen molar-refractivity contribution >= 4 is 17.2 Å². The number of carboxylic acid groups (broad SMARTS) is 1. The van der Waals surface area contributed by atoms with Crippen LogP contribution < -0.4 is 4.74 Å². The summed E-state index contributed by atoms with van der Waals surface area (Å²) in [5.41, 5.74) is 4.85. The third-order valence-corrected chi connectivity index (χ3v) is 7.12. The monoisotopic (exact) mass is 535 g/mol. The molecule has 2 aliphatic rings. The fourth-order valence-electron chi connectivity index (χ4n) is 5.37. The lowest BCUT2D eigenvalue weighted by Gasteiger charge is -2.28. The van der Waals surface area contributed by atoms with E-state index in [-0.39, 0.29) is 5.75 Å². The average Bonchev–Trinajstić information content (AvgIpc) is 3.32. The molecule has 3 heterocycles. The number of nitrogens with zero attached hydrogens (tertiary/aromatic N) is 3. The molecule has 0 saturated heterocycles. The second-order valence-corrected chi connectivity index (χ2v) is 11.0. The maximum absolute atomic E-state index is 15.5. The second-order valence-electron chi connectivity index (χ2n) is 11.0. The second kappa shape index (κ2) is 10.1. The highest BCUT2D eigenvalue weighted by Gasteiger charge is 2.34. The van der Waals surface area contributed by atoms with Crippen molar-refractivity contribution in [2.24, 2.45) is 0 Å². The first kappa shape index (κ1) is 26.9. The molecule has 0 saturated carbocycles. The van der Waals surface area contributed by atoms with Gasteiger partial charge in [-0.2, -0.15) is 5.10 Å². The predicted octanol–water partition coefficient (Wildman–Crippen LogP) is 6.13. The predicted molar refractivity (Wildman–Crippen MR) is 145 cm³/mol. The van der Waals surface area contributed by atoms with E-state index in [9.17, 15) is 9.90 Å². The summed E-state index contributed by atoms with van der Waals surface area (Å²) in [6.45, 7) is 9.53. The van der Waals surface area contributed by atoms with Crippen LogP contribution >= 0.6 is 0 Å². The third-order valence-electron chi connectivity index (χ3n) is 7.12. The van der Waals surface area contributed by atoms with Gasteiger partial charge in [-0.15, -0.1) is 0 Å². The van der Waals surface area contributed by atoms with Gasteiger partial charge in [0.05, 0.1) is 30.7 Å². The number of aryl methyl sites for hydroxylation is 1. The van der Waals surface area contributed by atoms with Gasteiger partial charge in [0.15, 0.2) is 23.3 Å². The first-order valence-electron chi connectivity index (χ1n) is 13.2. The summed E-state index contributed by atoms with van der Waals surface area (Å²) in [5, 5.41) is 15.2. The molecule has 5 rings (SSSR count). The number of carboxylic acids is 1. The lowest BCUT2D eigenvalue weighted by atomic mass is 9.91. The standard InChI is InChI=1S/C30H34FN3O5/c1-16-20-11-8-12-38-27(20)22(31)14-21(16)26-25(28(29(35)36)39-30(3,4)5)17(2)32-24-15-23(33-34(24)26)18-9-7-10-19(13-18)37-6/h10,13-15,28H,7-9,11-12H2,1-6H3,(H,35,36). The molecule has 1 atom stereocenters. The Kier molecular flexibility index (Phi) is 6.97. The number of carbonyl (C=O) groups is 1. The molecule has 9 heteroatoms. The van der Waals surface area contributed by atoms with Crippen LogP contribution in [0.25, 0.3) is 22.5 Å². The van der Waals surface area contributed by atoms with Crippen LogP contribution in [0.5, 0.6) is 5.75 Å². The summed E-state index contributed by atoms with van der Waals surface area (Å²) >= 11 is 0. The maximum Gasteiger partial charge on any atom is 0.337 e. The molecule has 206 valence electrons. The number of rotatable bonds is 6. The van der Waals surface area contributed by atoms with Crippen LogP contribution in [0.15, 0.2) is 30.0 Å². The zero-order chi connectivity index (χ0) is 28.1. The minimum atomic E-state index is -1.35. The van der Waals surface area contributed by atoms with E-state index in [0.717, 1.165) is 41.7 Å². The molecule has 0 amide bonds. The van der Waals surface area contributed by atoms with Crippen LogP contribution in [-0.4, -0.2) is 45.0 Å². The highest BCUT2D eigenvalue weighted by molar-refractivity contribution is 5.82. The number of hydrogen-bond donors (Lipinski definition) is 1. The molecule has 0 fully saturated rings. The largest absolute Gasteiger partial charge is 0.497 e. The number of aliphatic carboxylic acids is 1. The zero-order valence-electron chi connectivity index (χ0n) is 23.2. The minimum absolute atomic E-state index is 0.263. The van der Waals surface area contributed by atoms with Crippen LogP contribution in [-0.2, 0) is 20.7 Å². The Bertz CT molecular complexity index is 1530. The van der Waals surface area contributed by atoms with Crippen molar-refractivity contribution < 1.29 is 28.5 Å². The summed E-state index contributed by atoms with van der Waals surface area (Å²) in [4.78, 5) is 17.4. The molecule has 1 unspecified atom stereocenters. The lowest BCUT2D eigenvalue weighted by Crippen LogP contribution is -2.29. The average molecular weight is 536 g/mol. The van der Waals surface area contributed by atoms with E-state index in [0.29, 0.717) is 46.9 Å². The zero-order valence-corrected chi connectivity index (χ0v) is 23.2. The molecule has 3 aromatic rings. The van der Waals surface area contributed by atoms with Gasteiger partial charge < -0.3 is 19.3 Å². The van der Waals surface area contributed by atoms with Gasteiger partial charge in [-0.1, -0.05) is 0 Å². The van der Waals surface area contributed by atoms with Crippen molar-refractivity contribution in [3.8, 4) is 17.0 Å². The quantitative estimate of drug-likeness (QED) is 0.406. The molecular weight excluding hydrogens is 501 g/mol. The van der Waals surface area contributed by atoms with Crippen molar-refractivity contribution in [1.82, 2.24) is 14.6 Å². The third kappa shape index (κ3) is 5.03. The fourth-order valence-corrected chi connectivity index (χ4v) is 5.37. The Balaban J connectivity index is 1.83. The van der Waals surface area contributed by atoms with Crippen LogP contribution in [0.1, 0.15) is 74.2 Å². The number of fused-ring (bicyclic) bond motifs is 2. The topological polar surface area (TPSA) is 95.2 Å². The van der Waals surface area contributed by atoms with Gasteiger partial charge in [-0.05, 0) is 89.7 Å². The highest BCUT2D eigenvalue weighted by Crippen LogP contribution is 2.42. The Morgan fingerprint density at radius 3 is 2.69 bits per heavy atom. The summed E-state index contributed by atoms with van der Waals surface area (Å²) < 4.78 is 34.3. The number of allylic oxidation sites excluding steroid dienone is 3. The van der Waals surface area contributed by atoms with E-state index in [4.69, 9.17) is 24.3 Å². The SMILES string of the molecule is COC1=CCCC(c2cc3nc(C)c(C(OC(C)(C)C)C(=O)O)c(-c4cc(F)c5c(c4C)CCCO5)n3n2)=C1. The fraction of sp³-hybridized carbons (Fsp3) is 0.433. The van der Waals surface area contributed by atoms with Gasteiger partial charge in [-0.3, -0.25) is 0 Å². The van der Waals surface area contributed by atoms with Gasteiger partial charge in [-0.25, -0.2) is 18.7 Å². The van der Waals surface area contributed by atoms with Crippen molar-refractivity contribution in [3.63, 3.8) is 0 Å². The molecular formula is C30H34FN3O5. The molecule has 39 heavy (non-hydrogen) atoms. The minimum Gasteiger partial charge on any atom is -0.497 e. The number of aromatic nitrogens is 3. The van der Waals surface area contributed by atoms with Gasteiger partial charge in [0, 0.05) is 28.5 Å². The van der Waals surface area contributed by atoms with E-state index < -0.39 is 23.5 Å². The van der Waals surface area contributed by atoms with E-state index in [1.807, 2.05) is 25.1 Å². The maximum atomic E-state index is 15.5. The molecule has 1 aliphatic carbocycles. The molecule has 2 aromatic heterocycles. The molecule has 8 nitrogen and oxygen atoms in total. The van der Waals surface area contributed by atoms with Crippen molar-refractivity contribution in [2.75, 3.05) is 13.7 Å². The normalized spacial score (nSPS) is 16.3. The Hall–Kier alpha value is -3.72. The summed E-state index contributed by atoms with van der Waals surface area (Å²) in [7, 11) is 1.63. The van der Waals surface area contributed by atoms with Crippen molar-refractivity contribution in [1.29, 1.82) is 0 Å². The van der Waals surface area contributed by atoms with Crippen molar-refractivity contribution in [2.45, 2.75) is 72.0 Å². The summed E-state index contributed by atoms with van der Waals surface area (Å²) in [6.07, 6.45) is 5.63. The number of hydrogen-bond acceptors (Lipinski definition) is 6. The van der Waals surface area contributed by atoms with Gasteiger partial charge in [0.1, 0.15) is 5.76 Å². The summed E-state index contributed by atoms with van der Waals surface area (Å²) in [5.74, 6) is -0.624. The summed E-state index contributed by atoms with van der Waals surface area (Å²) in [6, 6.07) is 3.29. The van der Waals surface area contributed by atoms with Crippen LogP contribution in [0.3, 0.4) is 0 Å². The molecule has 1 aromatic carbocycles. The molecule has 1 N–H and O–H groups in total.